The monoisotopic (exact) mass is 233 g/mol. The summed E-state index contributed by atoms with van der Waals surface area (Å²) in [6.07, 6.45) is 1.67. The van der Waals surface area contributed by atoms with Gasteiger partial charge in [-0.1, -0.05) is 12.1 Å². The zero-order valence-electron chi connectivity index (χ0n) is 9.37. The van der Waals surface area contributed by atoms with Crippen LogP contribution in [0.25, 0.3) is 0 Å². The molecule has 0 radical (unpaired) electrons. The second-order valence-electron chi connectivity index (χ2n) is 4.03. The second kappa shape index (κ2) is 4.49. The van der Waals surface area contributed by atoms with Crippen molar-refractivity contribution in [1.29, 1.82) is 0 Å². The Morgan fingerprint density at radius 3 is 2.59 bits per heavy atom. The van der Waals surface area contributed by atoms with Crippen molar-refractivity contribution in [1.82, 2.24) is 5.32 Å². The minimum absolute atomic E-state index is 0.0840. The molecule has 0 spiro atoms. The third-order valence-electron chi connectivity index (χ3n) is 2.83. The van der Waals surface area contributed by atoms with E-state index in [-0.39, 0.29) is 29.8 Å². The highest BCUT2D eigenvalue weighted by Gasteiger charge is 2.26. The number of amides is 1. The van der Waals surface area contributed by atoms with E-state index in [1.807, 2.05) is 0 Å². The third kappa shape index (κ3) is 2.41. The minimum atomic E-state index is -0.331. The molecule has 4 heteroatoms. The summed E-state index contributed by atoms with van der Waals surface area (Å²) in [6, 6.07) is 5.88. The van der Waals surface area contributed by atoms with Crippen LogP contribution in [0.4, 0.5) is 4.39 Å². The highest BCUT2D eigenvalue weighted by atomic mass is 19.1. The van der Waals surface area contributed by atoms with Crippen molar-refractivity contribution in [3.63, 3.8) is 0 Å². The van der Waals surface area contributed by atoms with Crippen molar-refractivity contribution in [2.45, 2.75) is 19.3 Å². The predicted octanol–water partition coefficient (Wildman–Crippen LogP) is 1.90. The van der Waals surface area contributed by atoms with Crippen LogP contribution in [0.1, 0.15) is 24.8 Å². The molecule has 1 amide bonds. The largest absolute Gasteiger partial charge is 0.332 e. The van der Waals surface area contributed by atoms with Crippen LogP contribution >= 0.6 is 0 Å². The molecule has 0 fully saturated rings. The number of carbonyl (C=O) groups excluding carboxylic acids is 2. The highest BCUT2D eigenvalue weighted by Crippen LogP contribution is 2.30. The van der Waals surface area contributed by atoms with Crippen LogP contribution in [0.15, 0.2) is 36.0 Å². The molecule has 3 nitrogen and oxygen atoms in total. The molecule has 1 aliphatic rings. The zero-order valence-corrected chi connectivity index (χ0v) is 9.37. The Balaban J connectivity index is 2.37. The van der Waals surface area contributed by atoms with Gasteiger partial charge < -0.3 is 5.32 Å². The minimum Gasteiger partial charge on any atom is -0.332 e. The van der Waals surface area contributed by atoms with Crippen LogP contribution in [-0.4, -0.2) is 11.7 Å². The molecule has 1 aliphatic heterocycles. The molecular weight excluding hydrogens is 221 g/mol. The normalized spacial score (nSPS) is 19.5. The number of carbonyl (C=O) groups is 2. The summed E-state index contributed by atoms with van der Waals surface area (Å²) in [5.74, 6) is -0.826. The van der Waals surface area contributed by atoms with Crippen molar-refractivity contribution in [3.05, 3.63) is 47.4 Å². The van der Waals surface area contributed by atoms with Gasteiger partial charge in [0.15, 0.2) is 5.78 Å². The maximum atomic E-state index is 12.8. The van der Waals surface area contributed by atoms with Gasteiger partial charge in [-0.2, -0.15) is 0 Å². The number of allylic oxidation sites excluding steroid dienone is 1. The summed E-state index contributed by atoms with van der Waals surface area (Å²) in [4.78, 5) is 22.8. The molecule has 1 N–H and O–H groups in total. The number of rotatable bonds is 2. The van der Waals surface area contributed by atoms with Gasteiger partial charge in [0.2, 0.25) is 5.91 Å². The van der Waals surface area contributed by atoms with Crippen LogP contribution in [0.5, 0.6) is 0 Å². The Labute approximate surface area is 98.3 Å². The summed E-state index contributed by atoms with van der Waals surface area (Å²) in [5, 5.41) is 2.53. The summed E-state index contributed by atoms with van der Waals surface area (Å²) in [5.41, 5.74) is 1.33. The van der Waals surface area contributed by atoms with E-state index >= 15 is 0 Å². The Morgan fingerprint density at radius 1 is 1.35 bits per heavy atom. The molecule has 0 aromatic heterocycles. The fourth-order valence-electron chi connectivity index (χ4n) is 1.95. The van der Waals surface area contributed by atoms with E-state index in [0.29, 0.717) is 5.57 Å². The molecule has 1 unspecified atom stereocenters. The number of hydrogen-bond donors (Lipinski definition) is 1. The number of Topliss-reactive ketones (excluding diaryl/α,β-unsaturated/α-hetero) is 1. The quantitative estimate of drug-likeness (QED) is 0.848. The van der Waals surface area contributed by atoms with Crippen LogP contribution < -0.4 is 5.32 Å². The van der Waals surface area contributed by atoms with Gasteiger partial charge in [-0.25, -0.2) is 4.39 Å². The molecule has 0 aliphatic carbocycles. The lowest BCUT2D eigenvalue weighted by molar-refractivity contribution is -0.121. The zero-order chi connectivity index (χ0) is 12.4. The molecule has 1 aromatic carbocycles. The average molecular weight is 233 g/mol. The van der Waals surface area contributed by atoms with Crippen molar-refractivity contribution in [2.75, 3.05) is 0 Å². The molecule has 2 rings (SSSR count). The SMILES string of the molecule is CC(=O)C1=CNC(=O)CC1c1ccc(F)cc1. The van der Waals surface area contributed by atoms with Gasteiger partial charge in [-0.15, -0.1) is 0 Å². The average Bonchev–Trinajstić information content (AvgIpc) is 2.29. The van der Waals surface area contributed by atoms with Crippen LogP contribution in [0, 0.1) is 5.82 Å². The number of hydrogen-bond acceptors (Lipinski definition) is 2. The first kappa shape index (κ1) is 11.5. The van der Waals surface area contributed by atoms with Gasteiger partial charge >= 0.3 is 0 Å². The van der Waals surface area contributed by atoms with Gasteiger partial charge in [0.25, 0.3) is 0 Å². The first-order chi connectivity index (χ1) is 8.08. The molecule has 17 heavy (non-hydrogen) atoms. The number of nitrogens with one attached hydrogen (secondary N) is 1. The number of halogens is 1. The van der Waals surface area contributed by atoms with Crippen molar-refractivity contribution < 1.29 is 14.0 Å². The van der Waals surface area contributed by atoms with Gasteiger partial charge in [0.1, 0.15) is 5.82 Å². The Bertz CT molecular complexity index is 491. The maximum Gasteiger partial charge on any atom is 0.224 e. The molecule has 1 aromatic rings. The lowest BCUT2D eigenvalue weighted by Gasteiger charge is -2.22. The van der Waals surface area contributed by atoms with E-state index in [1.165, 1.54) is 25.3 Å². The van der Waals surface area contributed by atoms with Crippen LogP contribution in [0.3, 0.4) is 0 Å². The van der Waals surface area contributed by atoms with Gasteiger partial charge in [-0.3, -0.25) is 9.59 Å². The van der Waals surface area contributed by atoms with E-state index in [2.05, 4.69) is 5.32 Å². The topological polar surface area (TPSA) is 46.2 Å². The fourth-order valence-corrected chi connectivity index (χ4v) is 1.95. The van der Waals surface area contributed by atoms with E-state index in [4.69, 9.17) is 0 Å². The van der Waals surface area contributed by atoms with Crippen LogP contribution in [-0.2, 0) is 9.59 Å². The number of ketones is 1. The molecule has 0 bridgehead atoms. The Morgan fingerprint density at radius 2 is 2.00 bits per heavy atom. The lowest BCUT2D eigenvalue weighted by Crippen LogP contribution is -2.29. The van der Waals surface area contributed by atoms with Crippen LogP contribution in [0.2, 0.25) is 0 Å². The van der Waals surface area contributed by atoms with Crippen molar-refractivity contribution in [2.24, 2.45) is 0 Å². The lowest BCUT2D eigenvalue weighted by atomic mass is 9.85. The first-order valence-electron chi connectivity index (χ1n) is 5.34. The fraction of sp³-hybridized carbons (Fsp3) is 0.231. The van der Waals surface area contributed by atoms with Gasteiger partial charge in [0, 0.05) is 24.1 Å². The molecule has 1 heterocycles. The molecule has 0 saturated carbocycles. The molecule has 0 saturated heterocycles. The summed E-state index contributed by atoms with van der Waals surface area (Å²) >= 11 is 0. The van der Waals surface area contributed by atoms with E-state index in [9.17, 15) is 14.0 Å². The predicted molar refractivity (Wildman–Crippen MR) is 60.7 cm³/mol. The number of benzene rings is 1. The molecule has 1 atom stereocenters. The van der Waals surface area contributed by atoms with Gasteiger partial charge in [0.05, 0.1) is 0 Å². The molecular formula is C13H12FNO2. The van der Waals surface area contributed by atoms with E-state index in [0.717, 1.165) is 5.56 Å². The summed E-state index contributed by atoms with van der Waals surface area (Å²) < 4.78 is 12.8. The second-order valence-corrected chi connectivity index (χ2v) is 4.03. The van der Waals surface area contributed by atoms with E-state index < -0.39 is 0 Å². The van der Waals surface area contributed by atoms with Crippen molar-refractivity contribution >= 4 is 11.7 Å². The standard InChI is InChI=1S/C13H12FNO2/c1-8(16)12-7-15-13(17)6-11(12)9-2-4-10(14)5-3-9/h2-5,7,11H,6H2,1H3,(H,15,17). The Hall–Kier alpha value is -1.97. The first-order valence-corrected chi connectivity index (χ1v) is 5.34. The van der Waals surface area contributed by atoms with Gasteiger partial charge in [-0.05, 0) is 24.6 Å². The summed E-state index contributed by atoms with van der Waals surface area (Å²) in [6.45, 7) is 1.46. The third-order valence-corrected chi connectivity index (χ3v) is 2.83. The Kier molecular flexibility index (Phi) is 3.04. The summed E-state index contributed by atoms with van der Waals surface area (Å²) in [7, 11) is 0. The van der Waals surface area contributed by atoms with Crippen molar-refractivity contribution in [3.8, 4) is 0 Å². The van der Waals surface area contributed by atoms with E-state index in [1.54, 1.807) is 12.1 Å². The molecule has 88 valence electrons. The smallest absolute Gasteiger partial charge is 0.224 e. The maximum absolute atomic E-state index is 12.8. The highest BCUT2D eigenvalue weighted by molar-refractivity contribution is 5.97.